The third-order valence-corrected chi connectivity index (χ3v) is 4.52. The topological polar surface area (TPSA) is 58.4 Å². The van der Waals surface area contributed by atoms with Crippen LogP contribution in [0.4, 0.5) is 0 Å². The molecule has 1 amide bonds. The van der Waals surface area contributed by atoms with Gasteiger partial charge >= 0.3 is 0 Å². The molecule has 0 spiro atoms. The van der Waals surface area contributed by atoms with Gasteiger partial charge in [-0.1, -0.05) is 6.42 Å². The number of rotatable bonds is 5. The van der Waals surface area contributed by atoms with Crippen molar-refractivity contribution in [3.63, 3.8) is 0 Å². The zero-order chi connectivity index (χ0) is 13.3. The average molecular weight is 253 g/mol. The molecule has 0 aromatic carbocycles. The van der Waals surface area contributed by atoms with E-state index in [1.807, 2.05) is 6.92 Å². The number of nitrogens with one attached hydrogen (secondary N) is 1. The summed E-state index contributed by atoms with van der Waals surface area (Å²) in [5, 5.41) is 3.44. The maximum absolute atomic E-state index is 11.8. The zero-order valence-corrected chi connectivity index (χ0v) is 11.9. The summed E-state index contributed by atoms with van der Waals surface area (Å²) in [5.41, 5.74) is 5.04. The van der Waals surface area contributed by atoms with E-state index >= 15 is 0 Å². The Hall–Kier alpha value is -0.610. The fourth-order valence-electron chi connectivity index (χ4n) is 3.02. The van der Waals surface area contributed by atoms with E-state index in [4.69, 9.17) is 5.73 Å². The van der Waals surface area contributed by atoms with Crippen LogP contribution in [0.1, 0.15) is 52.9 Å². The highest BCUT2D eigenvalue weighted by Crippen LogP contribution is 2.27. The van der Waals surface area contributed by atoms with Gasteiger partial charge in [-0.2, -0.15) is 0 Å². The van der Waals surface area contributed by atoms with Crippen molar-refractivity contribution in [2.45, 2.75) is 76.5 Å². The molecule has 1 saturated heterocycles. The Balaban J connectivity index is 2.04. The molecule has 3 N–H and O–H groups in total. The van der Waals surface area contributed by atoms with E-state index in [9.17, 15) is 4.79 Å². The Labute approximate surface area is 110 Å². The fraction of sp³-hybridized carbons (Fsp3) is 0.929. The molecule has 1 unspecified atom stereocenters. The number of amides is 1. The molecular formula is C14H27N3O. The molecule has 2 fully saturated rings. The van der Waals surface area contributed by atoms with Crippen LogP contribution in [0.2, 0.25) is 0 Å². The van der Waals surface area contributed by atoms with Crippen LogP contribution in [0.3, 0.4) is 0 Å². The van der Waals surface area contributed by atoms with Crippen LogP contribution in [-0.2, 0) is 4.79 Å². The van der Waals surface area contributed by atoms with Crippen LogP contribution in [-0.4, -0.2) is 41.0 Å². The van der Waals surface area contributed by atoms with Gasteiger partial charge in [-0.05, 0) is 46.5 Å². The largest absolute Gasteiger partial charge is 0.368 e. The van der Waals surface area contributed by atoms with Crippen molar-refractivity contribution in [3.05, 3.63) is 0 Å². The predicted molar refractivity (Wildman–Crippen MR) is 73.2 cm³/mol. The van der Waals surface area contributed by atoms with Gasteiger partial charge in [0.15, 0.2) is 0 Å². The minimum atomic E-state index is -0.582. The molecule has 1 aliphatic heterocycles. The third-order valence-electron chi connectivity index (χ3n) is 4.52. The second kappa shape index (κ2) is 5.17. The van der Waals surface area contributed by atoms with E-state index < -0.39 is 5.54 Å². The van der Waals surface area contributed by atoms with Crippen molar-refractivity contribution in [2.24, 2.45) is 5.73 Å². The first-order valence-electron chi connectivity index (χ1n) is 7.26. The van der Waals surface area contributed by atoms with E-state index in [2.05, 4.69) is 24.1 Å². The highest BCUT2D eigenvalue weighted by molar-refractivity contribution is 5.84. The lowest BCUT2D eigenvalue weighted by Gasteiger charge is -2.43. The SMILES string of the molecule is C[C@@H]1CCC[C@H](C)N1CC(C)(NC1CC1)C(N)=O. The molecule has 0 aromatic heterocycles. The smallest absolute Gasteiger partial charge is 0.238 e. The number of hydrogen-bond acceptors (Lipinski definition) is 3. The van der Waals surface area contributed by atoms with Gasteiger partial charge in [0, 0.05) is 24.7 Å². The summed E-state index contributed by atoms with van der Waals surface area (Å²) >= 11 is 0. The average Bonchev–Trinajstić information content (AvgIpc) is 3.07. The van der Waals surface area contributed by atoms with Gasteiger partial charge in [0.25, 0.3) is 0 Å². The monoisotopic (exact) mass is 253 g/mol. The van der Waals surface area contributed by atoms with Gasteiger partial charge < -0.3 is 5.73 Å². The maximum Gasteiger partial charge on any atom is 0.238 e. The van der Waals surface area contributed by atoms with E-state index in [1.165, 1.54) is 32.1 Å². The van der Waals surface area contributed by atoms with Crippen LogP contribution in [0.5, 0.6) is 0 Å². The van der Waals surface area contributed by atoms with Crippen molar-refractivity contribution in [3.8, 4) is 0 Å². The Morgan fingerprint density at radius 2 is 1.83 bits per heavy atom. The molecule has 1 heterocycles. The second-order valence-electron chi connectivity index (χ2n) is 6.42. The van der Waals surface area contributed by atoms with Gasteiger partial charge in [0.2, 0.25) is 5.91 Å². The number of hydrogen-bond donors (Lipinski definition) is 2. The van der Waals surface area contributed by atoms with Crippen LogP contribution in [0, 0.1) is 0 Å². The number of nitrogens with zero attached hydrogens (tertiary/aromatic N) is 1. The summed E-state index contributed by atoms with van der Waals surface area (Å²) in [7, 11) is 0. The quantitative estimate of drug-likeness (QED) is 0.775. The molecule has 104 valence electrons. The number of piperidine rings is 1. The number of nitrogens with two attached hydrogens (primary N) is 1. The Kier molecular flexibility index (Phi) is 3.97. The van der Waals surface area contributed by atoms with Gasteiger partial charge in [0.05, 0.1) is 0 Å². The molecule has 0 bridgehead atoms. The standard InChI is InChI=1S/C14H27N3O/c1-10-5-4-6-11(2)17(10)9-14(3,13(15)18)16-12-7-8-12/h10-12,16H,4-9H2,1-3H3,(H2,15,18)/t10-,11+,14?. The molecule has 4 heteroatoms. The summed E-state index contributed by atoms with van der Waals surface area (Å²) in [6.07, 6.45) is 6.09. The normalized spacial score (nSPS) is 33.1. The molecule has 2 rings (SSSR count). The molecule has 2 aliphatic rings. The summed E-state index contributed by atoms with van der Waals surface area (Å²) in [5.74, 6) is -0.223. The first kappa shape index (κ1) is 13.8. The Morgan fingerprint density at radius 3 is 2.28 bits per heavy atom. The first-order chi connectivity index (χ1) is 8.42. The number of carbonyl (C=O) groups is 1. The minimum absolute atomic E-state index is 0.223. The number of likely N-dealkylation sites (tertiary alicyclic amines) is 1. The fourth-order valence-corrected chi connectivity index (χ4v) is 3.02. The van der Waals surface area contributed by atoms with Crippen molar-refractivity contribution in [1.82, 2.24) is 10.2 Å². The maximum atomic E-state index is 11.8. The Morgan fingerprint density at radius 1 is 1.28 bits per heavy atom. The van der Waals surface area contributed by atoms with Crippen LogP contribution in [0.15, 0.2) is 0 Å². The lowest BCUT2D eigenvalue weighted by atomic mass is 9.92. The third kappa shape index (κ3) is 3.04. The Bertz CT molecular complexity index is 306. The molecule has 3 atom stereocenters. The summed E-state index contributed by atoms with van der Waals surface area (Å²) in [6.45, 7) is 7.21. The van der Waals surface area contributed by atoms with Gasteiger partial charge in [-0.25, -0.2) is 0 Å². The first-order valence-corrected chi connectivity index (χ1v) is 7.26. The molecule has 1 saturated carbocycles. The highest BCUT2D eigenvalue weighted by atomic mass is 16.1. The van der Waals surface area contributed by atoms with Crippen LogP contribution >= 0.6 is 0 Å². The molecule has 1 aliphatic carbocycles. The van der Waals surface area contributed by atoms with Crippen molar-refractivity contribution in [1.29, 1.82) is 0 Å². The van der Waals surface area contributed by atoms with E-state index in [1.54, 1.807) is 0 Å². The molecule has 0 aromatic rings. The predicted octanol–water partition coefficient (Wildman–Crippen LogP) is 1.25. The second-order valence-corrected chi connectivity index (χ2v) is 6.42. The van der Waals surface area contributed by atoms with Crippen molar-refractivity contribution >= 4 is 5.91 Å². The van der Waals surface area contributed by atoms with Gasteiger partial charge in [0.1, 0.15) is 5.54 Å². The molecular weight excluding hydrogens is 226 g/mol. The lowest BCUT2D eigenvalue weighted by molar-refractivity contribution is -0.125. The summed E-state index contributed by atoms with van der Waals surface area (Å²) < 4.78 is 0. The van der Waals surface area contributed by atoms with Crippen LogP contribution < -0.4 is 11.1 Å². The van der Waals surface area contributed by atoms with E-state index in [0.29, 0.717) is 18.1 Å². The number of primary amides is 1. The molecule has 0 radical (unpaired) electrons. The van der Waals surface area contributed by atoms with E-state index in [-0.39, 0.29) is 5.91 Å². The number of carbonyl (C=O) groups excluding carboxylic acids is 1. The minimum Gasteiger partial charge on any atom is -0.368 e. The van der Waals surface area contributed by atoms with Gasteiger partial charge in [-0.15, -0.1) is 0 Å². The van der Waals surface area contributed by atoms with Crippen molar-refractivity contribution in [2.75, 3.05) is 6.54 Å². The highest BCUT2D eigenvalue weighted by Gasteiger charge is 2.40. The summed E-state index contributed by atoms with van der Waals surface area (Å²) in [6, 6.07) is 1.60. The summed E-state index contributed by atoms with van der Waals surface area (Å²) in [4.78, 5) is 14.3. The lowest BCUT2D eigenvalue weighted by Crippen LogP contribution is -2.63. The van der Waals surface area contributed by atoms with Crippen LogP contribution in [0.25, 0.3) is 0 Å². The van der Waals surface area contributed by atoms with E-state index in [0.717, 1.165) is 6.54 Å². The zero-order valence-electron chi connectivity index (χ0n) is 11.9. The van der Waals surface area contributed by atoms with Gasteiger partial charge in [-0.3, -0.25) is 15.0 Å². The van der Waals surface area contributed by atoms with Crippen molar-refractivity contribution < 1.29 is 4.79 Å². The molecule has 4 nitrogen and oxygen atoms in total. The molecule has 18 heavy (non-hydrogen) atoms.